The predicted octanol–water partition coefficient (Wildman–Crippen LogP) is 1.98. The number of rotatable bonds is 7. The van der Waals surface area contributed by atoms with Gasteiger partial charge in [-0.25, -0.2) is 9.78 Å². The lowest BCUT2D eigenvalue weighted by Crippen LogP contribution is -2.43. The molecule has 0 bridgehead atoms. The van der Waals surface area contributed by atoms with Gasteiger partial charge in [0.25, 0.3) is 0 Å². The van der Waals surface area contributed by atoms with Gasteiger partial charge in [0.05, 0.1) is 17.3 Å². The van der Waals surface area contributed by atoms with Gasteiger partial charge >= 0.3 is 6.03 Å². The minimum atomic E-state index is -0.0686. The van der Waals surface area contributed by atoms with Crippen LogP contribution in [0.15, 0.2) is 5.38 Å². The largest absolute Gasteiger partial charge is 0.395 e. The van der Waals surface area contributed by atoms with Crippen LogP contribution < -0.4 is 5.32 Å². The summed E-state index contributed by atoms with van der Waals surface area (Å²) in [4.78, 5) is 18.3. The summed E-state index contributed by atoms with van der Waals surface area (Å²) in [7, 11) is 0. The molecule has 2 N–H and O–H groups in total. The Morgan fingerprint density at radius 2 is 2.35 bits per heavy atom. The third-order valence-corrected chi connectivity index (χ3v) is 4.50. The Bertz CT molecular complexity index is 443. The van der Waals surface area contributed by atoms with Crippen LogP contribution in [0.1, 0.15) is 43.3 Å². The molecule has 1 aliphatic rings. The van der Waals surface area contributed by atoms with E-state index < -0.39 is 0 Å². The standard InChI is InChI=1S/C14H23N3O2S/c1-10(2)13-16-11(9-20-13)5-6-15-14(19)17(7-8-18)12-3-4-12/h9-10,12,18H,3-8H2,1-2H3,(H,15,19). The van der Waals surface area contributed by atoms with E-state index in [9.17, 15) is 4.79 Å². The number of thiazole rings is 1. The fraction of sp³-hybridized carbons (Fsp3) is 0.714. The van der Waals surface area contributed by atoms with E-state index in [1.165, 1.54) is 0 Å². The van der Waals surface area contributed by atoms with Crippen molar-refractivity contribution in [1.82, 2.24) is 15.2 Å². The number of nitrogens with zero attached hydrogens (tertiary/aromatic N) is 2. The fourth-order valence-corrected chi connectivity index (χ4v) is 2.92. The van der Waals surface area contributed by atoms with Crippen LogP contribution in [0.5, 0.6) is 0 Å². The molecular weight excluding hydrogens is 274 g/mol. The van der Waals surface area contributed by atoms with Crippen LogP contribution in [-0.4, -0.2) is 46.8 Å². The van der Waals surface area contributed by atoms with Crippen molar-refractivity contribution in [1.29, 1.82) is 0 Å². The molecule has 20 heavy (non-hydrogen) atoms. The highest BCUT2D eigenvalue weighted by molar-refractivity contribution is 7.09. The summed E-state index contributed by atoms with van der Waals surface area (Å²) >= 11 is 1.68. The molecule has 1 saturated carbocycles. The topological polar surface area (TPSA) is 65.5 Å². The van der Waals surface area contributed by atoms with E-state index in [-0.39, 0.29) is 12.6 Å². The molecule has 0 unspecified atom stereocenters. The molecule has 0 spiro atoms. The summed E-state index contributed by atoms with van der Waals surface area (Å²) in [6.45, 7) is 5.30. The first-order chi connectivity index (χ1) is 9.61. The van der Waals surface area contributed by atoms with Gasteiger partial charge in [0, 0.05) is 36.9 Å². The van der Waals surface area contributed by atoms with E-state index in [1.807, 2.05) is 0 Å². The first-order valence-electron chi connectivity index (χ1n) is 7.21. The minimum absolute atomic E-state index is 0.0216. The van der Waals surface area contributed by atoms with Gasteiger partial charge in [0.1, 0.15) is 0 Å². The van der Waals surface area contributed by atoms with E-state index in [4.69, 9.17) is 5.11 Å². The molecule has 1 aromatic heterocycles. The van der Waals surface area contributed by atoms with E-state index in [0.717, 1.165) is 30.0 Å². The first kappa shape index (κ1) is 15.3. The SMILES string of the molecule is CC(C)c1nc(CCNC(=O)N(CCO)C2CC2)cs1. The predicted molar refractivity (Wildman–Crippen MR) is 80.1 cm³/mol. The molecule has 1 fully saturated rings. The number of carbonyl (C=O) groups excluding carboxylic acids is 1. The lowest BCUT2D eigenvalue weighted by molar-refractivity contribution is 0.174. The lowest BCUT2D eigenvalue weighted by atomic mass is 10.2. The Morgan fingerprint density at radius 1 is 1.60 bits per heavy atom. The summed E-state index contributed by atoms with van der Waals surface area (Å²) < 4.78 is 0. The zero-order valence-corrected chi connectivity index (χ0v) is 12.9. The fourth-order valence-electron chi connectivity index (χ4n) is 2.05. The Hall–Kier alpha value is -1.14. The van der Waals surface area contributed by atoms with Crippen LogP contribution in [0.4, 0.5) is 4.79 Å². The molecule has 5 nitrogen and oxygen atoms in total. The maximum atomic E-state index is 12.0. The summed E-state index contributed by atoms with van der Waals surface area (Å²) in [5.41, 5.74) is 1.04. The molecule has 0 atom stereocenters. The van der Waals surface area contributed by atoms with Crippen molar-refractivity contribution in [3.05, 3.63) is 16.1 Å². The second-order valence-corrected chi connectivity index (χ2v) is 6.35. The number of hydrogen-bond donors (Lipinski definition) is 2. The average molecular weight is 297 g/mol. The van der Waals surface area contributed by atoms with Crippen molar-refractivity contribution in [2.45, 2.75) is 45.1 Å². The van der Waals surface area contributed by atoms with Crippen molar-refractivity contribution >= 4 is 17.4 Å². The lowest BCUT2D eigenvalue weighted by Gasteiger charge is -2.21. The minimum Gasteiger partial charge on any atom is -0.395 e. The maximum Gasteiger partial charge on any atom is 0.317 e. The summed E-state index contributed by atoms with van der Waals surface area (Å²) in [5.74, 6) is 0.457. The van der Waals surface area contributed by atoms with Crippen molar-refractivity contribution in [2.75, 3.05) is 19.7 Å². The molecule has 0 aromatic carbocycles. The van der Waals surface area contributed by atoms with Crippen molar-refractivity contribution < 1.29 is 9.90 Å². The number of hydrogen-bond acceptors (Lipinski definition) is 4. The zero-order valence-electron chi connectivity index (χ0n) is 12.1. The maximum absolute atomic E-state index is 12.0. The molecular formula is C14H23N3O2S. The number of amides is 2. The van der Waals surface area contributed by atoms with Crippen LogP contribution >= 0.6 is 11.3 Å². The second-order valence-electron chi connectivity index (χ2n) is 5.46. The van der Waals surface area contributed by atoms with E-state index in [1.54, 1.807) is 16.2 Å². The Morgan fingerprint density at radius 3 is 2.90 bits per heavy atom. The quantitative estimate of drug-likeness (QED) is 0.809. The molecule has 1 aromatic rings. The number of carbonyl (C=O) groups is 1. The van der Waals surface area contributed by atoms with Crippen molar-refractivity contribution in [2.24, 2.45) is 0 Å². The molecule has 6 heteroatoms. The monoisotopic (exact) mass is 297 g/mol. The van der Waals surface area contributed by atoms with Gasteiger partial charge < -0.3 is 15.3 Å². The smallest absolute Gasteiger partial charge is 0.317 e. The van der Waals surface area contributed by atoms with Crippen LogP contribution in [0.25, 0.3) is 0 Å². The number of nitrogens with one attached hydrogen (secondary N) is 1. The molecule has 2 amide bonds. The first-order valence-corrected chi connectivity index (χ1v) is 8.09. The number of aliphatic hydroxyl groups excluding tert-OH is 1. The summed E-state index contributed by atoms with van der Waals surface area (Å²) in [5, 5.41) is 15.1. The molecule has 1 aliphatic carbocycles. The van der Waals surface area contributed by atoms with Gasteiger partial charge in [0.15, 0.2) is 0 Å². The average Bonchev–Trinajstić information content (AvgIpc) is 3.13. The van der Waals surface area contributed by atoms with Crippen LogP contribution in [0.2, 0.25) is 0 Å². The highest BCUT2D eigenvalue weighted by atomic mass is 32.1. The molecule has 2 rings (SSSR count). The van der Waals surface area contributed by atoms with E-state index in [0.29, 0.717) is 25.0 Å². The molecule has 0 saturated heterocycles. The summed E-state index contributed by atoms with van der Waals surface area (Å²) in [6.07, 6.45) is 2.86. The number of urea groups is 1. The Labute approximate surface area is 124 Å². The van der Waals surface area contributed by atoms with Gasteiger partial charge in [-0.15, -0.1) is 11.3 Å². The molecule has 0 aliphatic heterocycles. The van der Waals surface area contributed by atoms with Crippen LogP contribution in [-0.2, 0) is 6.42 Å². The van der Waals surface area contributed by atoms with Gasteiger partial charge in [0.2, 0.25) is 0 Å². The molecule has 112 valence electrons. The number of aromatic nitrogens is 1. The van der Waals surface area contributed by atoms with E-state index >= 15 is 0 Å². The van der Waals surface area contributed by atoms with Gasteiger partial charge in [-0.2, -0.15) is 0 Å². The van der Waals surface area contributed by atoms with Crippen LogP contribution in [0.3, 0.4) is 0 Å². The Balaban J connectivity index is 1.75. The third kappa shape index (κ3) is 4.18. The molecule has 1 heterocycles. The van der Waals surface area contributed by atoms with Gasteiger partial charge in [-0.05, 0) is 12.8 Å². The van der Waals surface area contributed by atoms with Crippen LogP contribution in [0, 0.1) is 0 Å². The third-order valence-electron chi connectivity index (χ3n) is 3.31. The van der Waals surface area contributed by atoms with Crippen molar-refractivity contribution in [3.63, 3.8) is 0 Å². The van der Waals surface area contributed by atoms with Crippen molar-refractivity contribution in [3.8, 4) is 0 Å². The Kier molecular flexibility index (Phi) is 5.37. The van der Waals surface area contributed by atoms with Gasteiger partial charge in [-0.1, -0.05) is 13.8 Å². The highest BCUT2D eigenvalue weighted by Crippen LogP contribution is 2.26. The zero-order chi connectivity index (χ0) is 14.5. The second kappa shape index (κ2) is 7.04. The number of aliphatic hydroxyl groups is 1. The normalized spacial score (nSPS) is 14.6. The van der Waals surface area contributed by atoms with Gasteiger partial charge in [-0.3, -0.25) is 0 Å². The molecule has 0 radical (unpaired) electrons. The highest BCUT2D eigenvalue weighted by Gasteiger charge is 2.31. The summed E-state index contributed by atoms with van der Waals surface area (Å²) in [6, 6.07) is 0.259. The van der Waals surface area contributed by atoms with E-state index in [2.05, 4.69) is 29.5 Å².